The average molecular weight is 433 g/mol. The second kappa shape index (κ2) is 9.76. The summed E-state index contributed by atoms with van der Waals surface area (Å²) >= 11 is 17.8. The third kappa shape index (κ3) is 4.76. The van der Waals surface area contributed by atoms with Gasteiger partial charge in [-0.25, -0.2) is 4.98 Å². The zero-order valence-electron chi connectivity index (χ0n) is 15.7. The van der Waals surface area contributed by atoms with Crippen molar-refractivity contribution in [3.63, 3.8) is 0 Å². The molecule has 27 heavy (non-hydrogen) atoms. The molecule has 2 aromatic rings. The molecule has 0 saturated heterocycles. The normalized spacial score (nSPS) is 12.6. The van der Waals surface area contributed by atoms with Gasteiger partial charge in [0.15, 0.2) is 4.84 Å². The van der Waals surface area contributed by atoms with Crippen LogP contribution in [0.25, 0.3) is 10.9 Å². The van der Waals surface area contributed by atoms with Gasteiger partial charge in [-0.2, -0.15) is 0 Å². The highest BCUT2D eigenvalue weighted by Crippen LogP contribution is 2.27. The SMILES string of the molecule is CCCCN(C(=O)C(Cl)Cl)C(CC)c1nc2cc(Cl)ccc2c(=O)n1CC. The Morgan fingerprint density at radius 1 is 1.26 bits per heavy atom. The molecule has 1 heterocycles. The molecule has 0 aliphatic carbocycles. The van der Waals surface area contributed by atoms with E-state index in [1.807, 2.05) is 20.8 Å². The number of aromatic nitrogens is 2. The molecule has 0 aliphatic heterocycles. The Balaban J connectivity index is 2.67. The van der Waals surface area contributed by atoms with E-state index in [1.165, 1.54) is 0 Å². The van der Waals surface area contributed by atoms with E-state index in [4.69, 9.17) is 39.8 Å². The lowest BCUT2D eigenvalue weighted by Crippen LogP contribution is -2.41. The largest absolute Gasteiger partial charge is 0.330 e. The van der Waals surface area contributed by atoms with Gasteiger partial charge in [-0.15, -0.1) is 0 Å². The van der Waals surface area contributed by atoms with Crippen LogP contribution in [0, 0.1) is 0 Å². The first-order chi connectivity index (χ1) is 12.8. The summed E-state index contributed by atoms with van der Waals surface area (Å²) in [5.41, 5.74) is 0.366. The fourth-order valence-corrected chi connectivity index (χ4v) is 3.60. The lowest BCUT2D eigenvalue weighted by Gasteiger charge is -2.32. The summed E-state index contributed by atoms with van der Waals surface area (Å²) in [7, 11) is 0. The minimum Gasteiger partial charge on any atom is -0.330 e. The number of alkyl halides is 2. The summed E-state index contributed by atoms with van der Waals surface area (Å²) in [4.78, 5) is 30.8. The van der Waals surface area contributed by atoms with Crippen LogP contribution in [-0.2, 0) is 11.3 Å². The molecule has 1 aromatic carbocycles. The molecule has 0 bridgehead atoms. The smallest absolute Gasteiger partial charge is 0.261 e. The van der Waals surface area contributed by atoms with Crippen LogP contribution in [0.1, 0.15) is 51.9 Å². The summed E-state index contributed by atoms with van der Waals surface area (Å²) in [5.74, 6) is 0.153. The quantitative estimate of drug-likeness (QED) is 0.554. The summed E-state index contributed by atoms with van der Waals surface area (Å²) in [6.45, 7) is 6.81. The summed E-state index contributed by atoms with van der Waals surface area (Å²) < 4.78 is 1.61. The minimum atomic E-state index is -1.16. The lowest BCUT2D eigenvalue weighted by atomic mass is 10.1. The van der Waals surface area contributed by atoms with Crippen molar-refractivity contribution < 1.29 is 4.79 Å². The number of halogens is 3. The fourth-order valence-electron chi connectivity index (χ4n) is 3.19. The highest BCUT2D eigenvalue weighted by atomic mass is 35.5. The molecule has 0 spiro atoms. The molecule has 0 fully saturated rings. The molecule has 2 rings (SSSR count). The van der Waals surface area contributed by atoms with Crippen LogP contribution in [0.5, 0.6) is 0 Å². The number of amides is 1. The Kier molecular flexibility index (Phi) is 7.95. The highest BCUT2D eigenvalue weighted by molar-refractivity contribution is 6.53. The number of carbonyl (C=O) groups excluding carboxylic acids is 1. The Morgan fingerprint density at radius 3 is 2.52 bits per heavy atom. The molecular weight excluding hydrogens is 409 g/mol. The van der Waals surface area contributed by atoms with E-state index in [9.17, 15) is 9.59 Å². The molecule has 1 amide bonds. The second-order valence-electron chi connectivity index (χ2n) is 6.29. The second-order valence-corrected chi connectivity index (χ2v) is 7.82. The molecule has 5 nitrogen and oxygen atoms in total. The van der Waals surface area contributed by atoms with Gasteiger partial charge < -0.3 is 4.90 Å². The number of hydrogen-bond donors (Lipinski definition) is 0. The van der Waals surface area contributed by atoms with Crippen molar-refractivity contribution in [3.05, 3.63) is 39.4 Å². The lowest BCUT2D eigenvalue weighted by molar-refractivity contribution is -0.132. The van der Waals surface area contributed by atoms with Gasteiger partial charge in [-0.3, -0.25) is 14.2 Å². The molecule has 0 radical (unpaired) electrons. The third-order valence-corrected chi connectivity index (χ3v) is 5.15. The number of fused-ring (bicyclic) bond motifs is 1. The Hall–Kier alpha value is -1.30. The molecule has 0 N–H and O–H groups in total. The molecular formula is C19H24Cl3N3O2. The molecule has 1 unspecified atom stereocenters. The van der Waals surface area contributed by atoms with Gasteiger partial charge in [0.05, 0.1) is 16.9 Å². The van der Waals surface area contributed by atoms with Crippen molar-refractivity contribution in [2.75, 3.05) is 6.54 Å². The third-order valence-electron chi connectivity index (χ3n) is 4.55. The predicted octanol–water partition coefficient (Wildman–Crippen LogP) is 4.95. The summed E-state index contributed by atoms with van der Waals surface area (Å²) in [6.07, 6.45) is 2.30. The van der Waals surface area contributed by atoms with Gasteiger partial charge in [0.1, 0.15) is 5.82 Å². The first-order valence-electron chi connectivity index (χ1n) is 9.14. The maximum absolute atomic E-state index is 13.0. The standard InChI is InChI=1S/C19H24Cl3N3O2/c1-4-7-10-25(19(27)16(21)22)15(5-2)17-23-14-11-12(20)8-9-13(14)18(26)24(17)6-3/h8-9,11,15-16H,4-7,10H2,1-3H3. The summed E-state index contributed by atoms with van der Waals surface area (Å²) in [5, 5.41) is 1.00. The van der Waals surface area contributed by atoms with Gasteiger partial charge >= 0.3 is 0 Å². The van der Waals surface area contributed by atoms with Crippen LogP contribution < -0.4 is 5.56 Å². The number of hydrogen-bond acceptors (Lipinski definition) is 3. The van der Waals surface area contributed by atoms with Crippen molar-refractivity contribution in [1.82, 2.24) is 14.5 Å². The maximum atomic E-state index is 13.0. The zero-order valence-corrected chi connectivity index (χ0v) is 18.0. The van der Waals surface area contributed by atoms with Gasteiger partial charge in [0.25, 0.3) is 11.5 Å². The van der Waals surface area contributed by atoms with E-state index in [2.05, 4.69) is 0 Å². The predicted molar refractivity (Wildman–Crippen MR) is 112 cm³/mol. The number of benzene rings is 1. The van der Waals surface area contributed by atoms with Crippen molar-refractivity contribution in [3.8, 4) is 0 Å². The molecule has 1 aromatic heterocycles. The Bertz CT molecular complexity index is 867. The Morgan fingerprint density at radius 2 is 1.96 bits per heavy atom. The van der Waals surface area contributed by atoms with Crippen molar-refractivity contribution in [1.29, 1.82) is 0 Å². The number of carbonyl (C=O) groups is 1. The zero-order chi connectivity index (χ0) is 20.1. The first-order valence-corrected chi connectivity index (χ1v) is 10.4. The van der Waals surface area contributed by atoms with E-state index in [-0.39, 0.29) is 11.5 Å². The molecule has 8 heteroatoms. The molecule has 148 valence electrons. The van der Waals surface area contributed by atoms with Crippen molar-refractivity contribution in [2.24, 2.45) is 0 Å². The van der Waals surface area contributed by atoms with Gasteiger partial charge in [0.2, 0.25) is 0 Å². The number of nitrogens with zero attached hydrogens (tertiary/aromatic N) is 3. The Labute approximate surface area is 174 Å². The topological polar surface area (TPSA) is 55.2 Å². The minimum absolute atomic E-state index is 0.149. The van der Waals surface area contributed by atoms with Crippen LogP contribution in [0.2, 0.25) is 5.02 Å². The molecule has 0 aliphatic rings. The van der Waals surface area contributed by atoms with E-state index in [0.717, 1.165) is 12.8 Å². The van der Waals surface area contributed by atoms with Crippen LogP contribution in [0.15, 0.2) is 23.0 Å². The van der Waals surface area contributed by atoms with Crippen LogP contribution >= 0.6 is 34.8 Å². The number of unbranched alkanes of at least 4 members (excludes halogenated alkanes) is 1. The van der Waals surface area contributed by atoms with Crippen LogP contribution in [0.3, 0.4) is 0 Å². The monoisotopic (exact) mass is 431 g/mol. The maximum Gasteiger partial charge on any atom is 0.261 e. The number of rotatable bonds is 8. The van der Waals surface area contributed by atoms with E-state index < -0.39 is 10.9 Å². The van der Waals surface area contributed by atoms with Crippen molar-refractivity contribution in [2.45, 2.75) is 57.5 Å². The van der Waals surface area contributed by atoms with E-state index in [0.29, 0.717) is 41.3 Å². The van der Waals surface area contributed by atoms with Gasteiger partial charge in [0, 0.05) is 18.1 Å². The van der Waals surface area contributed by atoms with Crippen LogP contribution in [0.4, 0.5) is 0 Å². The molecule has 1 atom stereocenters. The first kappa shape index (κ1) is 22.0. The van der Waals surface area contributed by atoms with Gasteiger partial charge in [-0.05, 0) is 38.0 Å². The average Bonchev–Trinajstić information content (AvgIpc) is 2.64. The highest BCUT2D eigenvalue weighted by Gasteiger charge is 2.30. The van der Waals surface area contributed by atoms with Crippen LogP contribution in [-0.4, -0.2) is 31.7 Å². The fraction of sp³-hybridized carbons (Fsp3) is 0.526. The van der Waals surface area contributed by atoms with Crippen molar-refractivity contribution >= 4 is 51.6 Å². The molecule has 0 saturated carbocycles. The summed E-state index contributed by atoms with van der Waals surface area (Å²) in [6, 6.07) is 4.61. The van der Waals surface area contributed by atoms with E-state index in [1.54, 1.807) is 27.7 Å². The van der Waals surface area contributed by atoms with Gasteiger partial charge in [-0.1, -0.05) is 55.1 Å². The van der Waals surface area contributed by atoms with E-state index >= 15 is 0 Å².